The van der Waals surface area contributed by atoms with E-state index >= 15 is 0 Å². The molecular weight excluding hydrogens is 240 g/mol. The predicted octanol–water partition coefficient (Wildman–Crippen LogP) is 2.34. The van der Waals surface area contributed by atoms with Crippen molar-refractivity contribution in [2.24, 2.45) is 0 Å². The molecule has 0 amide bonds. The first-order valence-electron chi connectivity index (χ1n) is 6.74. The van der Waals surface area contributed by atoms with Gasteiger partial charge in [-0.15, -0.1) is 0 Å². The number of nitrogens with zero attached hydrogens (tertiary/aromatic N) is 1. The van der Waals surface area contributed by atoms with Crippen LogP contribution in [0.5, 0.6) is 11.5 Å². The summed E-state index contributed by atoms with van der Waals surface area (Å²) in [4.78, 5) is 0. The standard InChI is InChI=1S/C15H18N2O2/c1-9-5-10-6-15(18-2)12(7-14(10)19-9)13(8-16)17-11-3-4-11/h6-7,9,11,13,17H,3-5H2,1-2H3. The molecule has 1 aliphatic heterocycles. The number of hydrogen-bond acceptors (Lipinski definition) is 4. The lowest BCUT2D eigenvalue weighted by Crippen LogP contribution is -2.22. The average molecular weight is 258 g/mol. The summed E-state index contributed by atoms with van der Waals surface area (Å²) in [6.07, 6.45) is 3.41. The van der Waals surface area contributed by atoms with Crippen molar-refractivity contribution in [3.63, 3.8) is 0 Å². The molecule has 0 bridgehead atoms. The number of rotatable bonds is 4. The van der Waals surface area contributed by atoms with Gasteiger partial charge < -0.3 is 9.47 Å². The monoisotopic (exact) mass is 258 g/mol. The highest BCUT2D eigenvalue weighted by atomic mass is 16.5. The first-order valence-corrected chi connectivity index (χ1v) is 6.74. The van der Waals surface area contributed by atoms with Gasteiger partial charge in [-0.3, -0.25) is 5.32 Å². The van der Waals surface area contributed by atoms with Crippen LogP contribution in [0.25, 0.3) is 0 Å². The van der Waals surface area contributed by atoms with Crippen molar-refractivity contribution in [2.75, 3.05) is 7.11 Å². The van der Waals surface area contributed by atoms with Gasteiger partial charge in [-0.25, -0.2) is 0 Å². The molecule has 0 radical (unpaired) electrons. The minimum atomic E-state index is -0.327. The second kappa shape index (κ2) is 4.75. The first-order chi connectivity index (χ1) is 9.21. The Morgan fingerprint density at radius 1 is 1.47 bits per heavy atom. The van der Waals surface area contributed by atoms with Gasteiger partial charge in [-0.1, -0.05) is 0 Å². The Morgan fingerprint density at radius 3 is 2.89 bits per heavy atom. The van der Waals surface area contributed by atoms with Crippen LogP contribution in [-0.2, 0) is 6.42 Å². The maximum absolute atomic E-state index is 9.37. The van der Waals surface area contributed by atoms with Gasteiger partial charge in [-0.05, 0) is 31.9 Å². The van der Waals surface area contributed by atoms with Crippen LogP contribution in [-0.4, -0.2) is 19.3 Å². The van der Waals surface area contributed by atoms with Gasteiger partial charge >= 0.3 is 0 Å². The summed E-state index contributed by atoms with van der Waals surface area (Å²) in [6, 6.07) is 6.43. The fraction of sp³-hybridized carbons (Fsp3) is 0.533. The zero-order valence-corrected chi connectivity index (χ0v) is 11.3. The van der Waals surface area contributed by atoms with Crippen LogP contribution >= 0.6 is 0 Å². The molecular formula is C15H18N2O2. The van der Waals surface area contributed by atoms with Crippen molar-refractivity contribution in [2.45, 2.75) is 44.4 Å². The summed E-state index contributed by atoms with van der Waals surface area (Å²) in [5, 5.41) is 12.7. The van der Waals surface area contributed by atoms with Crippen molar-refractivity contribution >= 4 is 0 Å². The van der Waals surface area contributed by atoms with E-state index in [4.69, 9.17) is 9.47 Å². The fourth-order valence-electron chi connectivity index (χ4n) is 2.54. The summed E-state index contributed by atoms with van der Waals surface area (Å²) < 4.78 is 11.2. The molecule has 1 fully saturated rings. The van der Waals surface area contributed by atoms with Gasteiger partial charge in [0.25, 0.3) is 0 Å². The molecule has 1 aromatic rings. The molecule has 1 N–H and O–H groups in total. The van der Waals surface area contributed by atoms with E-state index in [9.17, 15) is 5.26 Å². The number of benzene rings is 1. The summed E-state index contributed by atoms with van der Waals surface area (Å²) in [6.45, 7) is 2.05. The van der Waals surface area contributed by atoms with Gasteiger partial charge in [0.1, 0.15) is 23.6 Å². The molecule has 4 heteroatoms. The summed E-state index contributed by atoms with van der Waals surface area (Å²) in [5.41, 5.74) is 2.04. The lowest BCUT2D eigenvalue weighted by molar-refractivity contribution is 0.254. The van der Waals surface area contributed by atoms with E-state index in [0.29, 0.717) is 6.04 Å². The maximum Gasteiger partial charge on any atom is 0.125 e. The van der Waals surface area contributed by atoms with Crippen LogP contribution in [0.15, 0.2) is 12.1 Å². The third-order valence-corrected chi connectivity index (χ3v) is 3.67. The second-order valence-corrected chi connectivity index (χ2v) is 5.34. The molecule has 1 heterocycles. The fourth-order valence-corrected chi connectivity index (χ4v) is 2.54. The van der Waals surface area contributed by atoms with E-state index in [2.05, 4.69) is 18.3 Å². The Labute approximate surface area is 113 Å². The minimum absolute atomic E-state index is 0.201. The van der Waals surface area contributed by atoms with Crippen molar-refractivity contribution in [1.82, 2.24) is 5.32 Å². The Kier molecular flexibility index (Phi) is 3.08. The molecule has 1 aliphatic carbocycles. The molecule has 1 saturated carbocycles. The maximum atomic E-state index is 9.37. The van der Waals surface area contributed by atoms with Gasteiger partial charge in [0.15, 0.2) is 0 Å². The minimum Gasteiger partial charge on any atom is -0.496 e. The highest BCUT2D eigenvalue weighted by molar-refractivity contribution is 5.51. The summed E-state index contributed by atoms with van der Waals surface area (Å²) in [5.74, 6) is 1.66. The molecule has 0 aromatic heterocycles. The van der Waals surface area contributed by atoms with E-state index in [1.807, 2.05) is 12.1 Å². The van der Waals surface area contributed by atoms with E-state index < -0.39 is 0 Å². The van der Waals surface area contributed by atoms with E-state index in [0.717, 1.165) is 41.9 Å². The quantitative estimate of drug-likeness (QED) is 0.900. The van der Waals surface area contributed by atoms with Gasteiger partial charge in [0, 0.05) is 23.6 Å². The second-order valence-electron chi connectivity index (χ2n) is 5.34. The molecule has 0 spiro atoms. The van der Waals surface area contributed by atoms with Gasteiger partial charge in [-0.2, -0.15) is 5.26 Å². The molecule has 1 aromatic carbocycles. The van der Waals surface area contributed by atoms with Crippen molar-refractivity contribution in [1.29, 1.82) is 5.26 Å². The molecule has 4 nitrogen and oxygen atoms in total. The molecule has 3 rings (SSSR count). The number of fused-ring (bicyclic) bond motifs is 1. The molecule has 19 heavy (non-hydrogen) atoms. The molecule has 100 valence electrons. The number of ether oxygens (including phenoxy) is 2. The number of methoxy groups -OCH3 is 1. The van der Waals surface area contributed by atoms with Crippen LogP contribution in [0.3, 0.4) is 0 Å². The summed E-state index contributed by atoms with van der Waals surface area (Å²) in [7, 11) is 1.65. The SMILES string of the molecule is COc1cc2c(cc1C(C#N)NC1CC1)OC(C)C2. The van der Waals surface area contributed by atoms with Crippen molar-refractivity contribution in [3.8, 4) is 17.6 Å². The van der Waals surface area contributed by atoms with Crippen LogP contribution in [0.1, 0.15) is 36.9 Å². The van der Waals surface area contributed by atoms with Crippen LogP contribution in [0.2, 0.25) is 0 Å². The highest BCUT2D eigenvalue weighted by Gasteiger charge is 2.29. The Bertz CT molecular complexity index is 532. The van der Waals surface area contributed by atoms with E-state index in [1.54, 1.807) is 7.11 Å². The lowest BCUT2D eigenvalue weighted by Gasteiger charge is -2.16. The molecule has 0 saturated heterocycles. The summed E-state index contributed by atoms with van der Waals surface area (Å²) >= 11 is 0. The predicted molar refractivity (Wildman–Crippen MR) is 71.3 cm³/mol. The molecule has 2 aliphatic rings. The van der Waals surface area contributed by atoms with Crippen molar-refractivity contribution < 1.29 is 9.47 Å². The molecule has 2 unspecified atom stereocenters. The van der Waals surface area contributed by atoms with Gasteiger partial charge in [0.05, 0.1) is 13.2 Å². The highest BCUT2D eigenvalue weighted by Crippen LogP contribution is 2.38. The Balaban J connectivity index is 1.95. The lowest BCUT2D eigenvalue weighted by atomic mass is 10.0. The van der Waals surface area contributed by atoms with Crippen LogP contribution in [0, 0.1) is 11.3 Å². The van der Waals surface area contributed by atoms with Crippen molar-refractivity contribution in [3.05, 3.63) is 23.3 Å². The Hall–Kier alpha value is -1.73. The Morgan fingerprint density at radius 2 is 2.26 bits per heavy atom. The third kappa shape index (κ3) is 2.39. The number of nitrogens with one attached hydrogen (secondary N) is 1. The van der Waals surface area contributed by atoms with Gasteiger partial charge in [0.2, 0.25) is 0 Å². The number of hydrogen-bond donors (Lipinski definition) is 1. The van der Waals surface area contributed by atoms with E-state index in [-0.39, 0.29) is 12.1 Å². The molecule has 2 atom stereocenters. The first kappa shape index (κ1) is 12.3. The van der Waals surface area contributed by atoms with Crippen LogP contribution in [0.4, 0.5) is 0 Å². The number of nitriles is 1. The zero-order valence-electron chi connectivity index (χ0n) is 11.3. The smallest absolute Gasteiger partial charge is 0.125 e. The normalized spacial score (nSPS) is 22.3. The van der Waals surface area contributed by atoms with Crippen LogP contribution < -0.4 is 14.8 Å². The average Bonchev–Trinajstić information content (AvgIpc) is 3.14. The zero-order chi connectivity index (χ0) is 13.4. The topological polar surface area (TPSA) is 54.3 Å². The largest absolute Gasteiger partial charge is 0.496 e. The third-order valence-electron chi connectivity index (χ3n) is 3.67. The van der Waals surface area contributed by atoms with E-state index in [1.165, 1.54) is 0 Å².